The van der Waals surface area contributed by atoms with E-state index in [1.807, 2.05) is 0 Å². The molecular formula is C10H20N2O2. The number of amides is 1. The predicted octanol–water partition coefficient (Wildman–Crippen LogP) is -0.175. The Morgan fingerprint density at radius 3 is 2.93 bits per heavy atom. The van der Waals surface area contributed by atoms with Crippen molar-refractivity contribution in [3.05, 3.63) is 0 Å². The molecule has 2 N–H and O–H groups in total. The predicted molar refractivity (Wildman–Crippen MR) is 54.9 cm³/mol. The third-order valence-corrected chi connectivity index (χ3v) is 2.44. The SMILES string of the molecule is CC(C)CN1CCNC(=O)C1CCO. The van der Waals surface area contributed by atoms with Crippen molar-refractivity contribution in [1.82, 2.24) is 10.2 Å². The van der Waals surface area contributed by atoms with Gasteiger partial charge < -0.3 is 10.4 Å². The van der Waals surface area contributed by atoms with E-state index in [0.717, 1.165) is 19.6 Å². The molecule has 1 amide bonds. The molecule has 1 heterocycles. The Hall–Kier alpha value is -0.610. The number of hydrogen-bond donors (Lipinski definition) is 2. The summed E-state index contributed by atoms with van der Waals surface area (Å²) in [5.74, 6) is 0.619. The smallest absolute Gasteiger partial charge is 0.237 e. The van der Waals surface area contributed by atoms with E-state index in [0.29, 0.717) is 12.3 Å². The highest BCUT2D eigenvalue weighted by Gasteiger charge is 2.28. The molecule has 0 aromatic rings. The van der Waals surface area contributed by atoms with E-state index in [2.05, 4.69) is 24.1 Å². The summed E-state index contributed by atoms with van der Waals surface area (Å²) in [6.07, 6.45) is 0.540. The van der Waals surface area contributed by atoms with Gasteiger partial charge in [-0.3, -0.25) is 9.69 Å². The van der Waals surface area contributed by atoms with Crippen molar-refractivity contribution in [2.45, 2.75) is 26.3 Å². The Labute approximate surface area is 85.3 Å². The minimum Gasteiger partial charge on any atom is -0.396 e. The van der Waals surface area contributed by atoms with Crippen molar-refractivity contribution < 1.29 is 9.90 Å². The maximum absolute atomic E-state index is 11.5. The van der Waals surface area contributed by atoms with Gasteiger partial charge in [0.1, 0.15) is 0 Å². The second-order valence-corrected chi connectivity index (χ2v) is 4.21. The molecule has 1 aliphatic rings. The largest absolute Gasteiger partial charge is 0.396 e. The van der Waals surface area contributed by atoms with Gasteiger partial charge in [-0.1, -0.05) is 13.8 Å². The summed E-state index contributed by atoms with van der Waals surface area (Å²) in [5.41, 5.74) is 0. The number of carbonyl (C=O) groups excluding carboxylic acids is 1. The zero-order valence-electron chi connectivity index (χ0n) is 8.99. The molecule has 1 atom stereocenters. The minimum absolute atomic E-state index is 0.0611. The van der Waals surface area contributed by atoms with Crippen LogP contribution in [0, 0.1) is 5.92 Å². The van der Waals surface area contributed by atoms with E-state index in [4.69, 9.17) is 5.11 Å². The van der Waals surface area contributed by atoms with Crippen LogP contribution in [-0.2, 0) is 4.79 Å². The Kier molecular flexibility index (Phi) is 4.35. The molecule has 4 nitrogen and oxygen atoms in total. The Bertz CT molecular complexity index is 195. The summed E-state index contributed by atoms with van der Waals surface area (Å²) in [6, 6.07) is -0.129. The molecule has 1 unspecified atom stereocenters. The average Bonchev–Trinajstić information content (AvgIpc) is 2.10. The third-order valence-electron chi connectivity index (χ3n) is 2.44. The topological polar surface area (TPSA) is 52.6 Å². The summed E-state index contributed by atoms with van der Waals surface area (Å²) in [6.45, 7) is 6.91. The second kappa shape index (κ2) is 5.32. The monoisotopic (exact) mass is 200 g/mol. The lowest BCUT2D eigenvalue weighted by Crippen LogP contribution is -2.56. The van der Waals surface area contributed by atoms with Crippen LogP contribution in [0.3, 0.4) is 0 Å². The Morgan fingerprint density at radius 1 is 1.64 bits per heavy atom. The molecular weight excluding hydrogens is 180 g/mol. The van der Waals surface area contributed by atoms with Crippen LogP contribution in [0.25, 0.3) is 0 Å². The van der Waals surface area contributed by atoms with Gasteiger partial charge in [-0.2, -0.15) is 0 Å². The summed E-state index contributed by atoms with van der Waals surface area (Å²) >= 11 is 0. The molecule has 0 bridgehead atoms. The lowest BCUT2D eigenvalue weighted by atomic mass is 10.1. The van der Waals surface area contributed by atoms with Gasteiger partial charge in [0, 0.05) is 26.2 Å². The van der Waals surface area contributed by atoms with E-state index < -0.39 is 0 Å². The molecule has 0 spiro atoms. The van der Waals surface area contributed by atoms with Gasteiger partial charge >= 0.3 is 0 Å². The maximum atomic E-state index is 11.5. The summed E-state index contributed by atoms with van der Waals surface area (Å²) in [4.78, 5) is 13.7. The number of nitrogens with one attached hydrogen (secondary N) is 1. The lowest BCUT2D eigenvalue weighted by molar-refractivity contribution is -0.129. The first kappa shape index (κ1) is 11.5. The number of rotatable bonds is 4. The molecule has 0 aliphatic carbocycles. The van der Waals surface area contributed by atoms with Crippen LogP contribution in [0.1, 0.15) is 20.3 Å². The molecule has 0 radical (unpaired) electrons. The van der Waals surface area contributed by atoms with Gasteiger partial charge in [-0.05, 0) is 12.3 Å². The van der Waals surface area contributed by atoms with Crippen LogP contribution >= 0.6 is 0 Å². The first-order valence-corrected chi connectivity index (χ1v) is 5.27. The van der Waals surface area contributed by atoms with Gasteiger partial charge in [0.25, 0.3) is 0 Å². The normalized spacial score (nSPS) is 24.0. The first-order chi connectivity index (χ1) is 6.65. The zero-order chi connectivity index (χ0) is 10.6. The molecule has 1 saturated heterocycles. The van der Waals surface area contributed by atoms with Crippen molar-refractivity contribution in [3.63, 3.8) is 0 Å². The van der Waals surface area contributed by atoms with E-state index in [9.17, 15) is 4.79 Å². The molecule has 1 fully saturated rings. The molecule has 4 heteroatoms. The zero-order valence-corrected chi connectivity index (χ0v) is 8.99. The van der Waals surface area contributed by atoms with E-state index in [1.54, 1.807) is 0 Å². The molecule has 0 saturated carbocycles. The van der Waals surface area contributed by atoms with Crippen molar-refractivity contribution in [3.8, 4) is 0 Å². The van der Waals surface area contributed by atoms with Crippen molar-refractivity contribution >= 4 is 5.91 Å². The number of aliphatic hydroxyl groups excluding tert-OH is 1. The first-order valence-electron chi connectivity index (χ1n) is 5.27. The van der Waals surface area contributed by atoms with Gasteiger partial charge in [0.2, 0.25) is 5.91 Å². The third kappa shape index (κ3) is 2.96. The number of aliphatic hydroxyl groups is 1. The summed E-state index contributed by atoms with van der Waals surface area (Å²) in [7, 11) is 0. The van der Waals surface area contributed by atoms with Crippen LogP contribution in [0.15, 0.2) is 0 Å². The van der Waals surface area contributed by atoms with Crippen LogP contribution < -0.4 is 5.32 Å². The van der Waals surface area contributed by atoms with E-state index in [1.165, 1.54) is 0 Å². The fourth-order valence-corrected chi connectivity index (χ4v) is 1.89. The fraction of sp³-hybridized carbons (Fsp3) is 0.900. The average molecular weight is 200 g/mol. The highest BCUT2D eigenvalue weighted by molar-refractivity contribution is 5.82. The number of carbonyl (C=O) groups is 1. The number of nitrogens with zero attached hydrogens (tertiary/aromatic N) is 1. The molecule has 0 aromatic carbocycles. The van der Waals surface area contributed by atoms with Gasteiger partial charge in [0.15, 0.2) is 0 Å². The molecule has 0 aromatic heterocycles. The van der Waals surface area contributed by atoms with Gasteiger partial charge in [-0.25, -0.2) is 0 Å². The standard InChI is InChI=1S/C10H20N2O2/c1-8(2)7-12-5-4-11-10(14)9(12)3-6-13/h8-9,13H,3-7H2,1-2H3,(H,11,14). The van der Waals surface area contributed by atoms with Gasteiger partial charge in [0.05, 0.1) is 6.04 Å². The van der Waals surface area contributed by atoms with Gasteiger partial charge in [-0.15, -0.1) is 0 Å². The van der Waals surface area contributed by atoms with Crippen molar-refractivity contribution in [2.24, 2.45) is 5.92 Å². The van der Waals surface area contributed by atoms with Crippen LogP contribution in [0.4, 0.5) is 0 Å². The minimum atomic E-state index is -0.129. The van der Waals surface area contributed by atoms with Crippen LogP contribution in [0.2, 0.25) is 0 Å². The van der Waals surface area contributed by atoms with Crippen molar-refractivity contribution in [1.29, 1.82) is 0 Å². The second-order valence-electron chi connectivity index (χ2n) is 4.21. The molecule has 1 aliphatic heterocycles. The Balaban J connectivity index is 2.55. The van der Waals surface area contributed by atoms with Crippen LogP contribution in [0.5, 0.6) is 0 Å². The quantitative estimate of drug-likeness (QED) is 0.662. The summed E-state index contributed by atoms with van der Waals surface area (Å²) < 4.78 is 0. The molecule has 14 heavy (non-hydrogen) atoms. The maximum Gasteiger partial charge on any atom is 0.237 e. The van der Waals surface area contributed by atoms with E-state index in [-0.39, 0.29) is 18.6 Å². The van der Waals surface area contributed by atoms with Crippen molar-refractivity contribution in [2.75, 3.05) is 26.2 Å². The molecule has 1 rings (SSSR count). The lowest BCUT2D eigenvalue weighted by Gasteiger charge is -2.35. The number of piperazine rings is 1. The fourth-order valence-electron chi connectivity index (χ4n) is 1.89. The summed E-state index contributed by atoms with van der Waals surface area (Å²) in [5, 5.41) is 11.7. The molecule has 82 valence electrons. The van der Waals surface area contributed by atoms with E-state index >= 15 is 0 Å². The van der Waals surface area contributed by atoms with Crippen LogP contribution in [-0.4, -0.2) is 48.2 Å². The highest BCUT2D eigenvalue weighted by atomic mass is 16.3. The highest BCUT2D eigenvalue weighted by Crippen LogP contribution is 2.10. The number of hydrogen-bond acceptors (Lipinski definition) is 3. The Morgan fingerprint density at radius 2 is 2.36 bits per heavy atom.